The van der Waals surface area contributed by atoms with Gasteiger partial charge in [0.2, 0.25) is 0 Å². The van der Waals surface area contributed by atoms with Crippen LogP contribution in [0.1, 0.15) is 48.7 Å². The Labute approximate surface area is 233 Å². The van der Waals surface area contributed by atoms with Crippen molar-refractivity contribution in [2.75, 3.05) is 5.32 Å². The van der Waals surface area contributed by atoms with Crippen LogP contribution in [-0.2, 0) is 11.8 Å². The van der Waals surface area contributed by atoms with Crippen molar-refractivity contribution in [1.82, 2.24) is 4.98 Å². The standard InChI is InChI=1S/C33H32BrN3O/c1-5-16-35-17-7-6-10-23-14-15-30(29(34)19-23)37-32(38)26-12-8-11-24(20-26)28-22-27(33(2,3)4)21-25-13-9-18-36-31(25)28/h5,7-9,11-22H,1,6,10H2,2-4H3,(H,37,38)/b17-7-,35-16?. The molecule has 5 heteroatoms. The summed E-state index contributed by atoms with van der Waals surface area (Å²) in [5, 5.41) is 4.14. The lowest BCUT2D eigenvalue weighted by Crippen LogP contribution is -2.13. The number of allylic oxidation sites excluding steroid dienone is 2. The molecule has 192 valence electrons. The molecule has 1 amide bonds. The van der Waals surface area contributed by atoms with Gasteiger partial charge in [-0.15, -0.1) is 0 Å². The van der Waals surface area contributed by atoms with E-state index in [2.05, 4.69) is 76.8 Å². The van der Waals surface area contributed by atoms with E-state index >= 15 is 0 Å². The van der Waals surface area contributed by atoms with Crippen LogP contribution >= 0.6 is 15.9 Å². The van der Waals surface area contributed by atoms with Crippen molar-refractivity contribution in [1.29, 1.82) is 0 Å². The van der Waals surface area contributed by atoms with Gasteiger partial charge in [-0.25, -0.2) is 0 Å². The number of aryl methyl sites for hydroxylation is 1. The number of rotatable bonds is 8. The third-order valence-corrected chi connectivity index (χ3v) is 6.93. The summed E-state index contributed by atoms with van der Waals surface area (Å²) >= 11 is 3.62. The highest BCUT2D eigenvalue weighted by atomic mass is 79.9. The highest BCUT2D eigenvalue weighted by Crippen LogP contribution is 2.34. The second-order valence-corrected chi connectivity index (χ2v) is 11.0. The number of anilines is 1. The number of benzene rings is 3. The lowest BCUT2D eigenvalue weighted by atomic mass is 9.84. The molecule has 1 N–H and O–H groups in total. The Bertz CT molecular complexity index is 1530. The zero-order valence-electron chi connectivity index (χ0n) is 22.0. The molecule has 0 aliphatic carbocycles. The minimum Gasteiger partial charge on any atom is -0.321 e. The molecule has 0 saturated heterocycles. The fourth-order valence-corrected chi connectivity index (χ4v) is 4.70. The summed E-state index contributed by atoms with van der Waals surface area (Å²) in [6.07, 6.45) is 10.7. The number of aromatic nitrogens is 1. The van der Waals surface area contributed by atoms with E-state index in [0.717, 1.165) is 45.0 Å². The number of amides is 1. The molecule has 0 bridgehead atoms. The van der Waals surface area contributed by atoms with E-state index in [1.165, 1.54) is 11.1 Å². The van der Waals surface area contributed by atoms with Gasteiger partial charge in [0.15, 0.2) is 0 Å². The average molecular weight is 567 g/mol. The minimum atomic E-state index is -0.160. The van der Waals surface area contributed by atoms with E-state index in [9.17, 15) is 4.79 Å². The highest BCUT2D eigenvalue weighted by molar-refractivity contribution is 9.10. The minimum absolute atomic E-state index is 0.0120. The van der Waals surface area contributed by atoms with Gasteiger partial charge in [0.1, 0.15) is 0 Å². The van der Waals surface area contributed by atoms with Gasteiger partial charge in [-0.1, -0.05) is 63.8 Å². The lowest BCUT2D eigenvalue weighted by molar-refractivity contribution is 0.102. The molecular weight excluding hydrogens is 534 g/mol. The molecule has 4 rings (SSSR count). The van der Waals surface area contributed by atoms with Gasteiger partial charge in [0.25, 0.3) is 5.91 Å². The Balaban J connectivity index is 1.55. The topological polar surface area (TPSA) is 54.4 Å². The van der Waals surface area contributed by atoms with Gasteiger partial charge >= 0.3 is 0 Å². The SMILES string of the molecule is C=CC=N/C=C\CCc1ccc(NC(=O)c2cccc(-c3cc(C(C)(C)C)cc4cccnc34)c2)c(Br)c1. The first-order valence-corrected chi connectivity index (χ1v) is 13.4. The Morgan fingerprint density at radius 2 is 1.92 bits per heavy atom. The number of hydrogen-bond acceptors (Lipinski definition) is 3. The van der Waals surface area contributed by atoms with Crippen molar-refractivity contribution >= 4 is 44.6 Å². The van der Waals surface area contributed by atoms with E-state index < -0.39 is 0 Å². The number of carbonyl (C=O) groups excluding carboxylic acids is 1. The van der Waals surface area contributed by atoms with Crippen molar-refractivity contribution in [2.45, 2.75) is 39.0 Å². The van der Waals surface area contributed by atoms with Gasteiger partial charge < -0.3 is 5.32 Å². The molecule has 1 heterocycles. The van der Waals surface area contributed by atoms with Crippen LogP contribution in [0.5, 0.6) is 0 Å². The summed E-state index contributed by atoms with van der Waals surface area (Å²) in [6, 6.07) is 22.2. The molecule has 0 aliphatic heterocycles. The summed E-state index contributed by atoms with van der Waals surface area (Å²) in [7, 11) is 0. The van der Waals surface area contributed by atoms with Crippen LogP contribution in [0.3, 0.4) is 0 Å². The molecular formula is C33H32BrN3O. The van der Waals surface area contributed by atoms with Crippen LogP contribution in [-0.4, -0.2) is 17.1 Å². The molecule has 0 atom stereocenters. The molecule has 38 heavy (non-hydrogen) atoms. The number of carbonyl (C=O) groups is 1. The molecule has 0 spiro atoms. The van der Waals surface area contributed by atoms with Gasteiger partial charge in [-0.05, 0) is 93.3 Å². The predicted octanol–water partition coefficient (Wildman–Crippen LogP) is 8.92. The molecule has 0 radical (unpaired) electrons. The third-order valence-electron chi connectivity index (χ3n) is 6.27. The van der Waals surface area contributed by atoms with Crippen molar-refractivity contribution < 1.29 is 4.79 Å². The number of fused-ring (bicyclic) bond motifs is 1. The largest absolute Gasteiger partial charge is 0.321 e. The van der Waals surface area contributed by atoms with Crippen molar-refractivity contribution in [3.63, 3.8) is 0 Å². The zero-order valence-corrected chi connectivity index (χ0v) is 23.6. The summed E-state index contributed by atoms with van der Waals surface area (Å²) in [6.45, 7) is 10.2. The fourth-order valence-electron chi connectivity index (χ4n) is 4.18. The predicted molar refractivity (Wildman–Crippen MR) is 164 cm³/mol. The summed E-state index contributed by atoms with van der Waals surface area (Å²) in [5.74, 6) is -0.160. The second-order valence-electron chi connectivity index (χ2n) is 10.2. The number of hydrogen-bond donors (Lipinski definition) is 1. The number of aliphatic imine (C=N–C) groups is 1. The first kappa shape index (κ1) is 27.2. The van der Waals surface area contributed by atoms with Crippen molar-refractivity contribution in [3.05, 3.63) is 119 Å². The van der Waals surface area contributed by atoms with Gasteiger partial charge in [0, 0.05) is 39.6 Å². The highest BCUT2D eigenvalue weighted by Gasteiger charge is 2.18. The summed E-state index contributed by atoms with van der Waals surface area (Å²) in [5.41, 5.74) is 6.64. The smallest absolute Gasteiger partial charge is 0.255 e. The lowest BCUT2D eigenvalue weighted by Gasteiger charge is -2.21. The Kier molecular flexibility index (Phi) is 8.70. The third kappa shape index (κ3) is 6.73. The average Bonchev–Trinajstić information content (AvgIpc) is 2.91. The van der Waals surface area contributed by atoms with E-state index in [0.29, 0.717) is 5.56 Å². The van der Waals surface area contributed by atoms with Crippen molar-refractivity contribution in [3.8, 4) is 11.1 Å². The maximum atomic E-state index is 13.2. The summed E-state index contributed by atoms with van der Waals surface area (Å²) in [4.78, 5) is 22.0. The van der Waals surface area contributed by atoms with E-state index in [1.807, 2.05) is 60.8 Å². The second kappa shape index (κ2) is 12.1. The first-order chi connectivity index (χ1) is 18.3. The van der Waals surface area contributed by atoms with Crippen LogP contribution < -0.4 is 5.32 Å². The van der Waals surface area contributed by atoms with E-state index in [-0.39, 0.29) is 11.3 Å². The Morgan fingerprint density at radius 1 is 1.08 bits per heavy atom. The molecule has 0 aliphatic rings. The first-order valence-electron chi connectivity index (χ1n) is 12.6. The van der Waals surface area contributed by atoms with Crippen molar-refractivity contribution in [2.24, 2.45) is 4.99 Å². The number of halogens is 1. The van der Waals surface area contributed by atoms with Crippen LogP contribution in [0, 0.1) is 0 Å². The van der Waals surface area contributed by atoms with Crippen LogP contribution in [0.2, 0.25) is 0 Å². The fraction of sp³-hybridized carbons (Fsp3) is 0.182. The van der Waals surface area contributed by atoms with Gasteiger partial charge in [-0.3, -0.25) is 14.8 Å². The van der Waals surface area contributed by atoms with E-state index in [1.54, 1.807) is 18.5 Å². The van der Waals surface area contributed by atoms with Gasteiger partial charge in [-0.2, -0.15) is 0 Å². The maximum absolute atomic E-state index is 13.2. The molecule has 1 aromatic heterocycles. The maximum Gasteiger partial charge on any atom is 0.255 e. The molecule has 4 aromatic rings. The van der Waals surface area contributed by atoms with Crippen LogP contribution in [0.4, 0.5) is 5.69 Å². The van der Waals surface area contributed by atoms with Gasteiger partial charge in [0.05, 0.1) is 11.2 Å². The quantitative estimate of drug-likeness (QED) is 0.217. The molecule has 0 unspecified atom stereocenters. The Hall–Kier alpha value is -3.83. The van der Waals surface area contributed by atoms with Crippen LogP contribution in [0.15, 0.2) is 107 Å². The van der Waals surface area contributed by atoms with E-state index in [4.69, 9.17) is 0 Å². The normalized spacial score (nSPS) is 11.9. The molecule has 4 nitrogen and oxygen atoms in total. The Morgan fingerprint density at radius 3 is 2.68 bits per heavy atom. The number of nitrogens with zero attached hydrogens (tertiary/aromatic N) is 2. The number of nitrogens with one attached hydrogen (secondary N) is 1. The monoisotopic (exact) mass is 565 g/mol. The molecule has 3 aromatic carbocycles. The molecule has 0 fully saturated rings. The number of pyridine rings is 1. The van der Waals surface area contributed by atoms with Crippen LogP contribution in [0.25, 0.3) is 22.0 Å². The zero-order chi connectivity index (χ0) is 27.1. The summed E-state index contributed by atoms with van der Waals surface area (Å²) < 4.78 is 0.848. The molecule has 0 saturated carbocycles.